The van der Waals surface area contributed by atoms with E-state index in [1.54, 1.807) is 6.07 Å². The van der Waals surface area contributed by atoms with E-state index in [0.717, 1.165) is 25.9 Å². The van der Waals surface area contributed by atoms with Crippen molar-refractivity contribution in [3.63, 3.8) is 0 Å². The summed E-state index contributed by atoms with van der Waals surface area (Å²) in [5.74, 6) is -0.843. The van der Waals surface area contributed by atoms with Crippen molar-refractivity contribution in [1.82, 2.24) is 10.6 Å². The Hall–Kier alpha value is -0.940. The highest BCUT2D eigenvalue weighted by atomic mass is 79.9. The molecule has 0 radical (unpaired) electrons. The van der Waals surface area contributed by atoms with Crippen LogP contribution in [0, 0.1) is 5.82 Å². The summed E-state index contributed by atoms with van der Waals surface area (Å²) in [6.45, 7) is 1.74. The topological polar surface area (TPSA) is 41.1 Å². The lowest BCUT2D eigenvalue weighted by Gasteiger charge is -2.23. The first-order chi connectivity index (χ1) is 8.16. The van der Waals surface area contributed by atoms with Gasteiger partial charge in [-0.05, 0) is 37.6 Å². The van der Waals surface area contributed by atoms with Crippen molar-refractivity contribution in [3.05, 3.63) is 34.1 Å². The Labute approximate surface area is 108 Å². The molecule has 1 heterocycles. The molecular formula is C12H14BrFN2O. The number of rotatable bonds is 2. The monoisotopic (exact) mass is 300 g/mol. The Morgan fingerprint density at radius 2 is 2.35 bits per heavy atom. The largest absolute Gasteiger partial charge is 0.348 e. The first-order valence-corrected chi connectivity index (χ1v) is 6.43. The average molecular weight is 301 g/mol. The Morgan fingerprint density at radius 3 is 3.00 bits per heavy atom. The van der Waals surface area contributed by atoms with Crippen LogP contribution in [0.5, 0.6) is 0 Å². The second-order valence-corrected chi connectivity index (χ2v) is 5.06. The van der Waals surface area contributed by atoms with E-state index >= 15 is 0 Å². The van der Waals surface area contributed by atoms with E-state index in [2.05, 4.69) is 26.6 Å². The predicted octanol–water partition coefficient (Wildman–Crippen LogP) is 2.07. The van der Waals surface area contributed by atoms with Crippen molar-refractivity contribution in [1.29, 1.82) is 0 Å². The van der Waals surface area contributed by atoms with E-state index in [1.807, 2.05) is 0 Å². The zero-order valence-electron chi connectivity index (χ0n) is 9.30. The molecule has 3 nitrogen and oxygen atoms in total. The van der Waals surface area contributed by atoms with Gasteiger partial charge in [-0.15, -0.1) is 0 Å². The molecule has 0 bridgehead atoms. The van der Waals surface area contributed by atoms with Gasteiger partial charge < -0.3 is 10.6 Å². The van der Waals surface area contributed by atoms with Gasteiger partial charge in [0, 0.05) is 17.1 Å². The Kier molecular flexibility index (Phi) is 4.12. The SMILES string of the molecule is O=C(NC1CCCNC1)c1ccc(Br)cc1F. The van der Waals surface area contributed by atoms with Crippen molar-refractivity contribution >= 4 is 21.8 Å². The number of halogens is 2. The van der Waals surface area contributed by atoms with Crippen LogP contribution < -0.4 is 10.6 Å². The maximum absolute atomic E-state index is 13.5. The molecule has 1 aromatic rings. The first-order valence-electron chi connectivity index (χ1n) is 5.63. The Morgan fingerprint density at radius 1 is 1.53 bits per heavy atom. The molecule has 0 saturated carbocycles. The highest BCUT2D eigenvalue weighted by Gasteiger charge is 2.18. The fourth-order valence-corrected chi connectivity index (χ4v) is 2.24. The number of hydrogen-bond acceptors (Lipinski definition) is 2. The molecule has 92 valence electrons. The van der Waals surface area contributed by atoms with Gasteiger partial charge in [-0.25, -0.2) is 4.39 Å². The minimum atomic E-state index is -0.499. The van der Waals surface area contributed by atoms with Gasteiger partial charge in [0.25, 0.3) is 5.91 Å². The summed E-state index contributed by atoms with van der Waals surface area (Å²) in [6, 6.07) is 4.55. The van der Waals surface area contributed by atoms with Crippen LogP contribution in [0.4, 0.5) is 4.39 Å². The van der Waals surface area contributed by atoms with E-state index in [1.165, 1.54) is 12.1 Å². The molecule has 0 spiro atoms. The number of carbonyl (C=O) groups excluding carboxylic acids is 1. The molecule has 1 atom stereocenters. The zero-order valence-corrected chi connectivity index (χ0v) is 10.9. The third kappa shape index (κ3) is 3.26. The molecule has 1 aromatic carbocycles. The van der Waals surface area contributed by atoms with Crippen LogP contribution >= 0.6 is 15.9 Å². The number of piperidine rings is 1. The molecule has 5 heteroatoms. The van der Waals surface area contributed by atoms with Crippen molar-refractivity contribution in [2.45, 2.75) is 18.9 Å². The minimum absolute atomic E-state index is 0.0961. The van der Waals surface area contributed by atoms with Gasteiger partial charge in [0.2, 0.25) is 0 Å². The quantitative estimate of drug-likeness (QED) is 0.878. The highest BCUT2D eigenvalue weighted by Crippen LogP contribution is 2.15. The van der Waals surface area contributed by atoms with Crippen LogP contribution in [0.1, 0.15) is 23.2 Å². The van der Waals surface area contributed by atoms with Crippen molar-refractivity contribution in [3.8, 4) is 0 Å². The Balaban J connectivity index is 2.03. The van der Waals surface area contributed by atoms with Crippen LogP contribution in [0.15, 0.2) is 22.7 Å². The Bertz CT molecular complexity index is 419. The standard InChI is InChI=1S/C12H14BrFN2O/c13-8-3-4-10(11(14)6-8)12(17)16-9-2-1-5-15-7-9/h3-4,6,9,15H,1-2,5,7H2,(H,16,17). The summed E-state index contributed by atoms with van der Waals surface area (Å²) in [5.41, 5.74) is 0.0961. The van der Waals surface area contributed by atoms with Crippen molar-refractivity contribution < 1.29 is 9.18 Å². The summed E-state index contributed by atoms with van der Waals surface area (Å²) in [4.78, 5) is 11.9. The van der Waals surface area contributed by atoms with Crippen LogP contribution in [-0.2, 0) is 0 Å². The van der Waals surface area contributed by atoms with E-state index < -0.39 is 5.82 Å². The summed E-state index contributed by atoms with van der Waals surface area (Å²) in [5, 5.41) is 6.04. The number of nitrogens with one attached hydrogen (secondary N) is 2. The highest BCUT2D eigenvalue weighted by molar-refractivity contribution is 9.10. The van der Waals surface area contributed by atoms with E-state index in [0.29, 0.717) is 4.47 Å². The lowest BCUT2D eigenvalue weighted by atomic mass is 10.1. The fraction of sp³-hybridized carbons (Fsp3) is 0.417. The lowest BCUT2D eigenvalue weighted by molar-refractivity contribution is 0.0926. The summed E-state index contributed by atoms with van der Waals surface area (Å²) >= 11 is 3.16. The van der Waals surface area contributed by atoms with Crippen LogP contribution in [0.25, 0.3) is 0 Å². The average Bonchev–Trinajstić information content (AvgIpc) is 2.30. The number of carbonyl (C=O) groups is 1. The second-order valence-electron chi connectivity index (χ2n) is 4.14. The van der Waals surface area contributed by atoms with Crippen LogP contribution in [-0.4, -0.2) is 25.0 Å². The smallest absolute Gasteiger partial charge is 0.254 e. The molecule has 2 N–H and O–H groups in total. The summed E-state index contributed by atoms with van der Waals surface area (Å²) in [7, 11) is 0. The predicted molar refractivity (Wildman–Crippen MR) is 67.5 cm³/mol. The summed E-state index contributed by atoms with van der Waals surface area (Å²) < 4.78 is 14.2. The number of benzene rings is 1. The van der Waals surface area contributed by atoms with Crippen LogP contribution in [0.2, 0.25) is 0 Å². The van der Waals surface area contributed by atoms with Crippen molar-refractivity contribution in [2.24, 2.45) is 0 Å². The molecule has 1 saturated heterocycles. The molecule has 1 aliphatic rings. The van der Waals surface area contributed by atoms with E-state index in [9.17, 15) is 9.18 Å². The number of hydrogen-bond donors (Lipinski definition) is 2. The maximum atomic E-state index is 13.5. The molecule has 0 aliphatic carbocycles. The van der Waals surface area contributed by atoms with Gasteiger partial charge >= 0.3 is 0 Å². The fourth-order valence-electron chi connectivity index (χ4n) is 1.91. The molecule has 1 unspecified atom stereocenters. The summed E-state index contributed by atoms with van der Waals surface area (Å²) in [6.07, 6.45) is 1.98. The molecule has 17 heavy (non-hydrogen) atoms. The molecule has 1 aliphatic heterocycles. The normalized spacial score (nSPS) is 20.0. The van der Waals surface area contributed by atoms with Gasteiger partial charge in [0.05, 0.1) is 5.56 Å². The number of amides is 1. The maximum Gasteiger partial charge on any atom is 0.254 e. The van der Waals surface area contributed by atoms with Crippen LogP contribution in [0.3, 0.4) is 0 Å². The minimum Gasteiger partial charge on any atom is -0.348 e. The van der Waals surface area contributed by atoms with Gasteiger partial charge in [0.1, 0.15) is 5.82 Å². The first kappa shape index (κ1) is 12.5. The van der Waals surface area contributed by atoms with Crippen molar-refractivity contribution in [2.75, 3.05) is 13.1 Å². The van der Waals surface area contributed by atoms with E-state index in [-0.39, 0.29) is 17.5 Å². The van der Waals surface area contributed by atoms with Gasteiger partial charge in [-0.3, -0.25) is 4.79 Å². The van der Waals surface area contributed by atoms with Gasteiger partial charge in [-0.1, -0.05) is 15.9 Å². The second kappa shape index (κ2) is 5.60. The third-order valence-corrected chi connectivity index (χ3v) is 3.30. The third-order valence-electron chi connectivity index (χ3n) is 2.81. The van der Waals surface area contributed by atoms with Gasteiger partial charge in [0.15, 0.2) is 0 Å². The molecule has 1 amide bonds. The van der Waals surface area contributed by atoms with Gasteiger partial charge in [-0.2, -0.15) is 0 Å². The molecule has 0 aromatic heterocycles. The van der Waals surface area contributed by atoms with E-state index in [4.69, 9.17) is 0 Å². The molecule has 2 rings (SSSR count). The lowest BCUT2D eigenvalue weighted by Crippen LogP contribution is -2.45. The molecule has 1 fully saturated rings. The zero-order chi connectivity index (χ0) is 12.3. The molecular weight excluding hydrogens is 287 g/mol.